The molecule has 170 valence electrons. The van der Waals surface area contributed by atoms with Gasteiger partial charge in [-0.3, -0.25) is 4.79 Å². The molecule has 1 amide bonds. The molecule has 1 aliphatic heterocycles. The molecule has 2 aromatic rings. The SMILES string of the molecule is O=C(CSc1nnc(NCC(F)(F)F)s1)N1CCN(S(=O)(=O)c2cccc(F)c2)CC1. The van der Waals surface area contributed by atoms with Gasteiger partial charge in [-0.2, -0.15) is 17.5 Å². The van der Waals surface area contributed by atoms with E-state index in [2.05, 4.69) is 15.5 Å². The molecule has 1 saturated heterocycles. The number of nitrogens with one attached hydrogen (secondary N) is 1. The lowest BCUT2D eigenvalue weighted by Crippen LogP contribution is -2.50. The minimum atomic E-state index is -4.38. The number of nitrogens with zero attached hydrogens (tertiary/aromatic N) is 4. The monoisotopic (exact) mass is 499 g/mol. The van der Waals surface area contributed by atoms with Crippen LogP contribution in [0.2, 0.25) is 0 Å². The molecule has 8 nitrogen and oxygen atoms in total. The number of aromatic nitrogens is 2. The summed E-state index contributed by atoms with van der Waals surface area (Å²) in [6.07, 6.45) is -4.38. The molecule has 1 N–H and O–H groups in total. The Labute approximate surface area is 183 Å². The lowest BCUT2D eigenvalue weighted by atomic mass is 10.3. The van der Waals surface area contributed by atoms with Crippen molar-refractivity contribution >= 4 is 44.2 Å². The fourth-order valence-corrected chi connectivity index (χ4v) is 5.79. The van der Waals surface area contributed by atoms with Crippen molar-refractivity contribution in [3.8, 4) is 0 Å². The fourth-order valence-electron chi connectivity index (χ4n) is 2.68. The Balaban J connectivity index is 1.48. The van der Waals surface area contributed by atoms with E-state index in [1.807, 2.05) is 0 Å². The molecular formula is C16H17F4N5O3S3. The zero-order valence-electron chi connectivity index (χ0n) is 15.8. The molecule has 1 aromatic heterocycles. The smallest absolute Gasteiger partial charge is 0.351 e. The first-order valence-electron chi connectivity index (χ1n) is 8.85. The Kier molecular flexibility index (Phi) is 7.39. The third-order valence-electron chi connectivity index (χ3n) is 4.19. The van der Waals surface area contributed by atoms with Crippen LogP contribution in [0.15, 0.2) is 33.5 Å². The van der Waals surface area contributed by atoms with Crippen molar-refractivity contribution in [2.75, 3.05) is 43.8 Å². The minimum absolute atomic E-state index is 0.00319. The van der Waals surface area contributed by atoms with Crippen LogP contribution in [0.1, 0.15) is 0 Å². The lowest BCUT2D eigenvalue weighted by molar-refractivity contribution is -0.129. The third kappa shape index (κ3) is 6.51. The highest BCUT2D eigenvalue weighted by molar-refractivity contribution is 8.01. The van der Waals surface area contributed by atoms with Crippen LogP contribution in [-0.4, -0.2) is 78.4 Å². The van der Waals surface area contributed by atoms with Crippen molar-refractivity contribution in [1.82, 2.24) is 19.4 Å². The van der Waals surface area contributed by atoms with E-state index in [0.29, 0.717) is 4.34 Å². The molecule has 2 heterocycles. The van der Waals surface area contributed by atoms with Gasteiger partial charge in [0.15, 0.2) is 4.34 Å². The van der Waals surface area contributed by atoms with Crippen LogP contribution in [0.4, 0.5) is 22.7 Å². The van der Waals surface area contributed by atoms with E-state index >= 15 is 0 Å². The van der Waals surface area contributed by atoms with Gasteiger partial charge in [0.1, 0.15) is 12.4 Å². The number of alkyl halides is 3. The van der Waals surface area contributed by atoms with Gasteiger partial charge in [0, 0.05) is 26.2 Å². The normalized spacial score (nSPS) is 15.8. The molecular weight excluding hydrogens is 482 g/mol. The summed E-state index contributed by atoms with van der Waals surface area (Å²) in [6, 6.07) is 4.73. The topological polar surface area (TPSA) is 95.5 Å². The molecule has 0 spiro atoms. The predicted molar refractivity (Wildman–Crippen MR) is 107 cm³/mol. The summed E-state index contributed by atoms with van der Waals surface area (Å²) in [5.74, 6) is -0.918. The van der Waals surface area contributed by atoms with Crippen LogP contribution in [0.25, 0.3) is 0 Å². The number of carbonyl (C=O) groups is 1. The Morgan fingerprint density at radius 1 is 1.19 bits per heavy atom. The molecule has 1 aliphatic rings. The largest absolute Gasteiger partial charge is 0.405 e. The summed E-state index contributed by atoms with van der Waals surface area (Å²) in [4.78, 5) is 13.7. The van der Waals surface area contributed by atoms with E-state index in [1.54, 1.807) is 0 Å². The van der Waals surface area contributed by atoms with Crippen molar-refractivity contribution in [1.29, 1.82) is 0 Å². The van der Waals surface area contributed by atoms with Gasteiger partial charge >= 0.3 is 6.18 Å². The molecule has 1 fully saturated rings. The van der Waals surface area contributed by atoms with Crippen LogP contribution in [-0.2, 0) is 14.8 Å². The van der Waals surface area contributed by atoms with E-state index in [1.165, 1.54) is 21.3 Å². The molecule has 0 bridgehead atoms. The maximum Gasteiger partial charge on any atom is 0.405 e. The first-order chi connectivity index (χ1) is 14.5. The number of anilines is 1. The molecule has 15 heteroatoms. The average Bonchev–Trinajstić information content (AvgIpc) is 3.18. The van der Waals surface area contributed by atoms with Gasteiger partial charge in [0.2, 0.25) is 21.1 Å². The van der Waals surface area contributed by atoms with Crippen LogP contribution in [0, 0.1) is 5.82 Å². The fraction of sp³-hybridized carbons (Fsp3) is 0.438. The second-order valence-corrected chi connectivity index (χ2v) is 10.5. The van der Waals surface area contributed by atoms with Crippen molar-refractivity contribution < 1.29 is 30.8 Å². The Morgan fingerprint density at radius 3 is 2.55 bits per heavy atom. The lowest BCUT2D eigenvalue weighted by Gasteiger charge is -2.34. The van der Waals surface area contributed by atoms with Crippen molar-refractivity contribution in [2.45, 2.75) is 15.4 Å². The van der Waals surface area contributed by atoms with Gasteiger partial charge in [-0.15, -0.1) is 10.2 Å². The number of amides is 1. The maximum atomic E-state index is 13.4. The zero-order valence-corrected chi connectivity index (χ0v) is 18.3. The van der Waals surface area contributed by atoms with Gasteiger partial charge in [-0.1, -0.05) is 29.2 Å². The Hall–Kier alpha value is -1.97. The van der Waals surface area contributed by atoms with E-state index in [9.17, 15) is 30.8 Å². The molecule has 31 heavy (non-hydrogen) atoms. The van der Waals surface area contributed by atoms with Crippen molar-refractivity contribution in [3.05, 3.63) is 30.1 Å². The number of hydrogen-bond donors (Lipinski definition) is 1. The second-order valence-electron chi connectivity index (χ2n) is 6.37. The van der Waals surface area contributed by atoms with E-state index in [0.717, 1.165) is 35.2 Å². The second kappa shape index (κ2) is 9.67. The van der Waals surface area contributed by atoms with Gasteiger partial charge in [0.05, 0.1) is 10.6 Å². The number of sulfonamides is 1. The number of hydrogen-bond acceptors (Lipinski definition) is 8. The number of thioether (sulfide) groups is 1. The minimum Gasteiger partial charge on any atom is -0.351 e. The van der Waals surface area contributed by atoms with Crippen LogP contribution < -0.4 is 5.32 Å². The highest BCUT2D eigenvalue weighted by Gasteiger charge is 2.30. The van der Waals surface area contributed by atoms with Crippen LogP contribution in [0.3, 0.4) is 0 Å². The number of carbonyl (C=O) groups excluding carboxylic acids is 1. The summed E-state index contributed by atoms with van der Waals surface area (Å²) in [5, 5.41) is 9.45. The first kappa shape index (κ1) is 23.7. The van der Waals surface area contributed by atoms with Gasteiger partial charge in [0.25, 0.3) is 0 Å². The van der Waals surface area contributed by atoms with Crippen LogP contribution >= 0.6 is 23.1 Å². The molecule has 1 aromatic carbocycles. The maximum absolute atomic E-state index is 13.4. The Morgan fingerprint density at radius 2 is 1.90 bits per heavy atom. The van der Waals surface area contributed by atoms with E-state index in [-0.39, 0.29) is 47.9 Å². The average molecular weight is 500 g/mol. The third-order valence-corrected chi connectivity index (χ3v) is 8.08. The summed E-state index contributed by atoms with van der Waals surface area (Å²) < 4.78 is 76.7. The van der Waals surface area contributed by atoms with E-state index < -0.39 is 28.6 Å². The van der Waals surface area contributed by atoms with Gasteiger partial charge in [-0.05, 0) is 18.2 Å². The molecule has 0 radical (unpaired) electrons. The summed E-state index contributed by atoms with van der Waals surface area (Å²) in [5.41, 5.74) is 0. The quantitative estimate of drug-likeness (QED) is 0.461. The van der Waals surface area contributed by atoms with Crippen molar-refractivity contribution in [2.24, 2.45) is 0 Å². The highest BCUT2D eigenvalue weighted by Crippen LogP contribution is 2.27. The Bertz CT molecular complexity index is 1020. The predicted octanol–water partition coefficient (Wildman–Crippen LogP) is 2.28. The summed E-state index contributed by atoms with van der Waals surface area (Å²) in [6.45, 7) is -0.752. The first-order valence-corrected chi connectivity index (χ1v) is 12.1. The van der Waals surface area contributed by atoms with Crippen LogP contribution in [0.5, 0.6) is 0 Å². The highest BCUT2D eigenvalue weighted by atomic mass is 32.2. The zero-order chi connectivity index (χ0) is 22.6. The molecule has 0 atom stereocenters. The summed E-state index contributed by atoms with van der Waals surface area (Å²) >= 11 is 1.95. The number of halogens is 4. The standard InChI is InChI=1S/C16H17F4N5O3S3/c17-11-2-1-3-12(8-11)31(27,28)25-6-4-24(5-7-25)13(26)9-29-15-23-22-14(30-15)21-10-16(18,19)20/h1-3,8H,4-7,9-10H2,(H,21,22). The molecule has 0 unspecified atom stereocenters. The number of benzene rings is 1. The van der Waals surface area contributed by atoms with Crippen molar-refractivity contribution in [3.63, 3.8) is 0 Å². The molecule has 0 saturated carbocycles. The van der Waals surface area contributed by atoms with Gasteiger partial charge < -0.3 is 10.2 Å². The number of rotatable bonds is 7. The number of piperazine rings is 1. The van der Waals surface area contributed by atoms with E-state index in [4.69, 9.17) is 0 Å². The van der Waals surface area contributed by atoms with Gasteiger partial charge in [-0.25, -0.2) is 12.8 Å². The summed E-state index contributed by atoms with van der Waals surface area (Å²) in [7, 11) is -3.86. The molecule has 3 rings (SSSR count). The molecule has 0 aliphatic carbocycles.